The SMILES string of the molecule is CC(C)c1ccc(-c2nc(I)ns2)cc1. The van der Waals surface area contributed by atoms with Gasteiger partial charge in [0.05, 0.1) is 0 Å². The fraction of sp³-hybridized carbons (Fsp3) is 0.273. The van der Waals surface area contributed by atoms with E-state index in [1.165, 1.54) is 17.1 Å². The van der Waals surface area contributed by atoms with Crippen molar-refractivity contribution in [2.45, 2.75) is 19.8 Å². The van der Waals surface area contributed by atoms with Gasteiger partial charge < -0.3 is 0 Å². The molecule has 0 saturated heterocycles. The highest BCUT2D eigenvalue weighted by molar-refractivity contribution is 14.1. The molecule has 2 rings (SSSR count). The van der Waals surface area contributed by atoms with Crippen LogP contribution in [0.2, 0.25) is 0 Å². The zero-order chi connectivity index (χ0) is 10.8. The van der Waals surface area contributed by atoms with Crippen molar-refractivity contribution in [3.8, 4) is 10.6 Å². The van der Waals surface area contributed by atoms with Crippen LogP contribution < -0.4 is 0 Å². The van der Waals surface area contributed by atoms with Crippen molar-refractivity contribution in [1.82, 2.24) is 9.36 Å². The molecule has 0 radical (unpaired) electrons. The highest BCUT2D eigenvalue weighted by atomic mass is 127. The lowest BCUT2D eigenvalue weighted by Gasteiger charge is -2.04. The van der Waals surface area contributed by atoms with Gasteiger partial charge in [-0.3, -0.25) is 0 Å². The van der Waals surface area contributed by atoms with Gasteiger partial charge in [0, 0.05) is 28.2 Å². The molecule has 0 saturated carbocycles. The molecule has 0 aliphatic carbocycles. The van der Waals surface area contributed by atoms with Crippen LogP contribution in [0.5, 0.6) is 0 Å². The first-order valence-electron chi connectivity index (χ1n) is 4.76. The zero-order valence-corrected chi connectivity index (χ0v) is 11.5. The zero-order valence-electron chi connectivity index (χ0n) is 8.57. The lowest BCUT2D eigenvalue weighted by molar-refractivity contribution is 0.867. The van der Waals surface area contributed by atoms with Gasteiger partial charge in [-0.15, -0.1) is 0 Å². The van der Waals surface area contributed by atoms with Gasteiger partial charge in [0.25, 0.3) is 0 Å². The maximum absolute atomic E-state index is 4.35. The molecular formula is C11H11IN2S. The van der Waals surface area contributed by atoms with Crippen molar-refractivity contribution >= 4 is 34.1 Å². The second-order valence-electron chi connectivity index (χ2n) is 3.65. The van der Waals surface area contributed by atoms with Gasteiger partial charge in [0.2, 0.25) is 3.83 Å². The summed E-state index contributed by atoms with van der Waals surface area (Å²) in [5.74, 6) is 0.577. The molecule has 0 amide bonds. The highest BCUT2D eigenvalue weighted by Gasteiger charge is 2.05. The maximum atomic E-state index is 4.35. The molecule has 78 valence electrons. The minimum atomic E-state index is 0.577. The molecule has 2 nitrogen and oxygen atoms in total. The Morgan fingerprint density at radius 1 is 1.20 bits per heavy atom. The van der Waals surface area contributed by atoms with Gasteiger partial charge in [-0.1, -0.05) is 38.1 Å². The smallest absolute Gasteiger partial charge is 0.203 e. The summed E-state index contributed by atoms with van der Waals surface area (Å²) in [6, 6.07) is 8.56. The van der Waals surface area contributed by atoms with Gasteiger partial charge in [-0.25, -0.2) is 4.98 Å². The quantitative estimate of drug-likeness (QED) is 0.780. The lowest BCUT2D eigenvalue weighted by atomic mass is 10.0. The van der Waals surface area contributed by atoms with Crippen LogP contribution in [0, 0.1) is 3.83 Å². The molecule has 1 aromatic carbocycles. The fourth-order valence-corrected chi connectivity index (χ4v) is 2.61. The van der Waals surface area contributed by atoms with E-state index in [-0.39, 0.29) is 0 Å². The molecule has 1 aromatic heterocycles. The molecule has 0 bridgehead atoms. The first kappa shape index (κ1) is 11.0. The van der Waals surface area contributed by atoms with Gasteiger partial charge in [0.15, 0.2) is 0 Å². The number of halogens is 1. The first-order valence-corrected chi connectivity index (χ1v) is 6.61. The fourth-order valence-electron chi connectivity index (χ4n) is 1.33. The molecule has 0 spiro atoms. The summed E-state index contributed by atoms with van der Waals surface area (Å²) < 4.78 is 4.99. The standard InChI is InChI=1S/C11H11IN2S/c1-7(2)8-3-5-9(6-4-8)10-13-11(12)14-15-10/h3-7H,1-2H3. The summed E-state index contributed by atoms with van der Waals surface area (Å²) in [6.45, 7) is 4.39. The Kier molecular flexibility index (Phi) is 3.35. The number of rotatable bonds is 2. The third-order valence-corrected chi connectivity index (χ3v) is 3.80. The number of benzene rings is 1. The van der Waals surface area contributed by atoms with Gasteiger partial charge in [-0.05, 0) is 23.0 Å². The molecule has 1 heterocycles. The normalized spacial score (nSPS) is 10.9. The minimum absolute atomic E-state index is 0.577. The minimum Gasteiger partial charge on any atom is -0.210 e. The second kappa shape index (κ2) is 4.57. The Labute approximate surface area is 107 Å². The molecular weight excluding hydrogens is 319 g/mol. The summed E-state index contributed by atoms with van der Waals surface area (Å²) in [6.07, 6.45) is 0. The Bertz CT molecular complexity index is 448. The third kappa shape index (κ3) is 2.55. The highest BCUT2D eigenvalue weighted by Crippen LogP contribution is 2.24. The molecule has 2 aromatic rings. The van der Waals surface area contributed by atoms with E-state index in [1.807, 2.05) is 0 Å². The summed E-state index contributed by atoms with van der Waals surface area (Å²) in [5.41, 5.74) is 2.51. The van der Waals surface area contributed by atoms with Crippen LogP contribution in [-0.2, 0) is 0 Å². The van der Waals surface area contributed by atoms with Crippen molar-refractivity contribution in [2.24, 2.45) is 0 Å². The molecule has 4 heteroatoms. The van der Waals surface area contributed by atoms with E-state index in [9.17, 15) is 0 Å². The number of hydrogen-bond acceptors (Lipinski definition) is 3. The van der Waals surface area contributed by atoms with Gasteiger partial charge in [0.1, 0.15) is 5.01 Å². The second-order valence-corrected chi connectivity index (χ2v) is 5.36. The van der Waals surface area contributed by atoms with Crippen LogP contribution in [0.15, 0.2) is 24.3 Å². The van der Waals surface area contributed by atoms with Crippen LogP contribution >= 0.6 is 34.1 Å². The van der Waals surface area contributed by atoms with Crippen LogP contribution in [0.1, 0.15) is 25.3 Å². The Hall–Kier alpha value is -0.490. The van der Waals surface area contributed by atoms with Crippen molar-refractivity contribution in [2.75, 3.05) is 0 Å². The van der Waals surface area contributed by atoms with E-state index in [4.69, 9.17) is 0 Å². The summed E-state index contributed by atoms with van der Waals surface area (Å²) in [7, 11) is 0. The van der Waals surface area contributed by atoms with Crippen molar-refractivity contribution in [1.29, 1.82) is 0 Å². The van der Waals surface area contributed by atoms with Crippen LogP contribution in [0.3, 0.4) is 0 Å². The van der Waals surface area contributed by atoms with E-state index < -0.39 is 0 Å². The number of hydrogen-bond donors (Lipinski definition) is 0. The van der Waals surface area contributed by atoms with E-state index in [0.29, 0.717) is 5.92 Å². The molecule has 0 aliphatic rings. The molecule has 0 unspecified atom stereocenters. The molecule has 0 atom stereocenters. The molecule has 0 fully saturated rings. The van der Waals surface area contributed by atoms with Gasteiger partial charge in [-0.2, -0.15) is 4.37 Å². The first-order chi connectivity index (χ1) is 7.16. The lowest BCUT2D eigenvalue weighted by Crippen LogP contribution is -1.86. The van der Waals surface area contributed by atoms with Crippen molar-refractivity contribution in [3.05, 3.63) is 33.7 Å². The molecule has 0 N–H and O–H groups in total. The number of nitrogens with zero attached hydrogens (tertiary/aromatic N) is 2. The molecule has 15 heavy (non-hydrogen) atoms. The Morgan fingerprint density at radius 2 is 1.87 bits per heavy atom. The van der Waals surface area contributed by atoms with E-state index in [0.717, 1.165) is 14.4 Å². The summed E-state index contributed by atoms with van der Waals surface area (Å²) in [5, 5.41) is 0.995. The summed E-state index contributed by atoms with van der Waals surface area (Å²) >= 11 is 3.58. The van der Waals surface area contributed by atoms with E-state index in [2.05, 4.69) is 70.1 Å². The largest absolute Gasteiger partial charge is 0.210 e. The third-order valence-electron chi connectivity index (χ3n) is 2.23. The Balaban J connectivity index is 2.31. The maximum Gasteiger partial charge on any atom is 0.203 e. The Morgan fingerprint density at radius 3 is 2.33 bits per heavy atom. The van der Waals surface area contributed by atoms with E-state index >= 15 is 0 Å². The van der Waals surface area contributed by atoms with Crippen LogP contribution in [0.4, 0.5) is 0 Å². The number of aromatic nitrogens is 2. The topological polar surface area (TPSA) is 25.8 Å². The average Bonchev–Trinajstić information content (AvgIpc) is 2.65. The predicted molar refractivity (Wildman–Crippen MR) is 72.2 cm³/mol. The van der Waals surface area contributed by atoms with Crippen LogP contribution in [-0.4, -0.2) is 9.36 Å². The van der Waals surface area contributed by atoms with Gasteiger partial charge >= 0.3 is 0 Å². The monoisotopic (exact) mass is 330 g/mol. The van der Waals surface area contributed by atoms with Crippen molar-refractivity contribution < 1.29 is 0 Å². The molecule has 0 aliphatic heterocycles. The van der Waals surface area contributed by atoms with Crippen LogP contribution in [0.25, 0.3) is 10.6 Å². The average molecular weight is 330 g/mol. The summed E-state index contributed by atoms with van der Waals surface area (Å²) in [4.78, 5) is 4.35. The van der Waals surface area contributed by atoms with E-state index in [1.54, 1.807) is 0 Å². The van der Waals surface area contributed by atoms with Crippen molar-refractivity contribution in [3.63, 3.8) is 0 Å². The predicted octanol–water partition coefficient (Wildman–Crippen LogP) is 3.93.